The van der Waals surface area contributed by atoms with E-state index in [4.69, 9.17) is 9.15 Å². The van der Waals surface area contributed by atoms with E-state index in [1.54, 1.807) is 31.6 Å². The molecule has 1 unspecified atom stereocenters. The number of methoxy groups -OCH3 is 1. The van der Waals surface area contributed by atoms with E-state index in [1.165, 1.54) is 0 Å². The number of carbonyl (C=O) groups is 2. The normalized spacial score (nSPS) is 17.0. The van der Waals surface area contributed by atoms with Gasteiger partial charge in [-0.05, 0) is 43.7 Å². The van der Waals surface area contributed by atoms with Crippen LogP contribution in [-0.2, 0) is 16.1 Å². The third-order valence-electron chi connectivity index (χ3n) is 4.38. The molecule has 2 N–H and O–H groups in total. The van der Waals surface area contributed by atoms with Gasteiger partial charge < -0.3 is 19.8 Å². The highest BCUT2D eigenvalue weighted by Crippen LogP contribution is 2.19. The van der Waals surface area contributed by atoms with Gasteiger partial charge >= 0.3 is 0 Å². The molecule has 1 aromatic heterocycles. The molecule has 0 bridgehead atoms. The zero-order valence-corrected chi connectivity index (χ0v) is 14.7. The van der Waals surface area contributed by atoms with Gasteiger partial charge in [0.1, 0.15) is 11.5 Å². The van der Waals surface area contributed by atoms with Crippen molar-refractivity contribution in [1.29, 1.82) is 0 Å². The Kier molecular flexibility index (Phi) is 5.91. The van der Waals surface area contributed by atoms with Gasteiger partial charge in [0.05, 0.1) is 32.5 Å². The summed E-state index contributed by atoms with van der Waals surface area (Å²) in [6, 6.07) is 10.5. The van der Waals surface area contributed by atoms with E-state index in [2.05, 4.69) is 10.6 Å². The van der Waals surface area contributed by atoms with Gasteiger partial charge in [-0.25, -0.2) is 0 Å². The molecule has 138 valence electrons. The minimum atomic E-state index is -0.291. The summed E-state index contributed by atoms with van der Waals surface area (Å²) in [4.78, 5) is 26.7. The first-order valence-corrected chi connectivity index (χ1v) is 8.64. The molecule has 2 aromatic rings. The Morgan fingerprint density at radius 2 is 2.19 bits per heavy atom. The van der Waals surface area contributed by atoms with Crippen LogP contribution in [0.4, 0.5) is 5.69 Å². The lowest BCUT2D eigenvalue weighted by Gasteiger charge is -2.23. The van der Waals surface area contributed by atoms with Crippen molar-refractivity contribution in [3.05, 3.63) is 48.4 Å². The smallest absolute Gasteiger partial charge is 0.238 e. The number of likely N-dealkylation sites (tertiary alicyclic amines) is 1. The Hall–Kier alpha value is -2.80. The fourth-order valence-corrected chi connectivity index (χ4v) is 3.10. The zero-order valence-electron chi connectivity index (χ0n) is 14.7. The van der Waals surface area contributed by atoms with Gasteiger partial charge in [0, 0.05) is 11.8 Å². The molecule has 26 heavy (non-hydrogen) atoms. The van der Waals surface area contributed by atoms with Crippen molar-refractivity contribution in [3.63, 3.8) is 0 Å². The quantitative estimate of drug-likeness (QED) is 0.792. The van der Waals surface area contributed by atoms with Gasteiger partial charge in [0.15, 0.2) is 0 Å². The molecule has 2 amide bonds. The molecule has 0 aliphatic carbocycles. The van der Waals surface area contributed by atoms with Crippen molar-refractivity contribution in [2.45, 2.75) is 25.4 Å². The Balaban J connectivity index is 1.52. The molecule has 1 saturated heterocycles. The molecule has 7 heteroatoms. The molecule has 0 radical (unpaired) electrons. The highest BCUT2D eigenvalue weighted by molar-refractivity contribution is 5.93. The Bertz CT molecular complexity index is 745. The third-order valence-corrected chi connectivity index (χ3v) is 4.38. The Morgan fingerprint density at radius 1 is 1.31 bits per heavy atom. The molecule has 0 saturated carbocycles. The van der Waals surface area contributed by atoms with Gasteiger partial charge in [-0.2, -0.15) is 0 Å². The fraction of sp³-hybridized carbons (Fsp3) is 0.368. The summed E-state index contributed by atoms with van der Waals surface area (Å²) in [7, 11) is 1.58. The first-order chi connectivity index (χ1) is 12.7. The van der Waals surface area contributed by atoms with Crippen LogP contribution in [0, 0.1) is 0 Å². The number of hydrogen-bond donors (Lipinski definition) is 2. The van der Waals surface area contributed by atoms with Crippen molar-refractivity contribution < 1.29 is 18.7 Å². The second-order valence-corrected chi connectivity index (χ2v) is 6.21. The summed E-state index contributed by atoms with van der Waals surface area (Å²) in [6.07, 6.45) is 3.22. The van der Waals surface area contributed by atoms with Crippen LogP contribution in [0.2, 0.25) is 0 Å². The maximum Gasteiger partial charge on any atom is 0.238 e. The number of ether oxygens (including phenoxy) is 1. The lowest BCUT2D eigenvalue weighted by Crippen LogP contribution is -2.45. The molecule has 1 atom stereocenters. The second-order valence-electron chi connectivity index (χ2n) is 6.21. The predicted molar refractivity (Wildman–Crippen MR) is 96.8 cm³/mol. The average molecular weight is 357 g/mol. The average Bonchev–Trinajstić information content (AvgIpc) is 3.31. The van der Waals surface area contributed by atoms with Crippen molar-refractivity contribution in [2.24, 2.45) is 0 Å². The number of furan rings is 1. The monoisotopic (exact) mass is 357 g/mol. The van der Waals surface area contributed by atoms with Crippen LogP contribution in [0.15, 0.2) is 47.1 Å². The lowest BCUT2D eigenvalue weighted by molar-refractivity contribution is -0.126. The van der Waals surface area contributed by atoms with E-state index >= 15 is 0 Å². The molecule has 1 aliphatic rings. The number of hydrogen-bond acceptors (Lipinski definition) is 5. The highest BCUT2D eigenvalue weighted by Gasteiger charge is 2.31. The minimum Gasteiger partial charge on any atom is -0.497 e. The largest absolute Gasteiger partial charge is 0.497 e. The molecular formula is C19H23N3O4. The summed E-state index contributed by atoms with van der Waals surface area (Å²) >= 11 is 0. The first-order valence-electron chi connectivity index (χ1n) is 8.64. The fourth-order valence-electron chi connectivity index (χ4n) is 3.10. The van der Waals surface area contributed by atoms with Crippen LogP contribution in [-0.4, -0.2) is 43.0 Å². The summed E-state index contributed by atoms with van der Waals surface area (Å²) in [5.41, 5.74) is 0.673. The van der Waals surface area contributed by atoms with Crippen LogP contribution in [0.25, 0.3) is 0 Å². The van der Waals surface area contributed by atoms with Crippen LogP contribution in [0.3, 0.4) is 0 Å². The van der Waals surface area contributed by atoms with E-state index < -0.39 is 0 Å². The summed E-state index contributed by atoms with van der Waals surface area (Å²) in [5, 5.41) is 5.72. The number of carbonyl (C=O) groups excluding carboxylic acids is 2. The SMILES string of the molecule is COc1cccc(NC(=O)CN2CCCC2C(=O)NCc2ccco2)c1. The summed E-state index contributed by atoms with van der Waals surface area (Å²) < 4.78 is 10.4. The standard InChI is InChI=1S/C19H23N3O4/c1-25-15-6-2-5-14(11-15)21-18(23)13-22-9-3-8-17(22)19(24)20-12-16-7-4-10-26-16/h2,4-7,10-11,17H,3,8-9,12-13H2,1H3,(H,20,24)(H,21,23). The van der Waals surface area contributed by atoms with Crippen molar-refractivity contribution in [1.82, 2.24) is 10.2 Å². The molecular weight excluding hydrogens is 334 g/mol. The van der Waals surface area contributed by atoms with Gasteiger partial charge in [-0.3, -0.25) is 14.5 Å². The van der Waals surface area contributed by atoms with Crippen LogP contribution in [0.1, 0.15) is 18.6 Å². The second kappa shape index (κ2) is 8.53. The van der Waals surface area contributed by atoms with E-state index in [0.29, 0.717) is 23.7 Å². The molecule has 1 aromatic carbocycles. The molecule has 3 rings (SSSR count). The van der Waals surface area contributed by atoms with Gasteiger partial charge in [0.2, 0.25) is 11.8 Å². The zero-order chi connectivity index (χ0) is 18.4. The Labute approximate surface area is 152 Å². The number of benzene rings is 1. The number of nitrogens with zero attached hydrogens (tertiary/aromatic N) is 1. The van der Waals surface area contributed by atoms with Crippen molar-refractivity contribution in [2.75, 3.05) is 25.5 Å². The van der Waals surface area contributed by atoms with Gasteiger partial charge in [-0.1, -0.05) is 6.07 Å². The minimum absolute atomic E-state index is 0.0759. The topological polar surface area (TPSA) is 83.8 Å². The summed E-state index contributed by atoms with van der Waals surface area (Å²) in [6.45, 7) is 1.26. The number of anilines is 1. The lowest BCUT2D eigenvalue weighted by atomic mass is 10.2. The van der Waals surface area contributed by atoms with Crippen LogP contribution < -0.4 is 15.4 Å². The van der Waals surface area contributed by atoms with Gasteiger partial charge in [0.25, 0.3) is 0 Å². The van der Waals surface area contributed by atoms with Crippen molar-refractivity contribution >= 4 is 17.5 Å². The van der Waals surface area contributed by atoms with E-state index in [9.17, 15) is 9.59 Å². The summed E-state index contributed by atoms with van der Waals surface area (Å²) in [5.74, 6) is 1.16. The van der Waals surface area contributed by atoms with E-state index in [0.717, 1.165) is 19.4 Å². The van der Waals surface area contributed by atoms with Crippen molar-refractivity contribution in [3.8, 4) is 5.75 Å². The van der Waals surface area contributed by atoms with Gasteiger partial charge in [-0.15, -0.1) is 0 Å². The number of rotatable bonds is 7. The molecule has 1 aliphatic heterocycles. The first kappa shape index (κ1) is 18.0. The number of nitrogens with one attached hydrogen (secondary N) is 2. The molecule has 0 spiro atoms. The van der Waals surface area contributed by atoms with E-state index in [1.807, 2.05) is 23.1 Å². The van der Waals surface area contributed by atoms with Crippen LogP contribution in [0.5, 0.6) is 5.75 Å². The molecule has 1 fully saturated rings. The number of amides is 2. The highest BCUT2D eigenvalue weighted by atomic mass is 16.5. The predicted octanol–water partition coefficient (Wildman–Crippen LogP) is 2.01. The maximum atomic E-state index is 12.4. The molecule has 7 nitrogen and oxygen atoms in total. The van der Waals surface area contributed by atoms with Crippen LogP contribution >= 0.6 is 0 Å². The van der Waals surface area contributed by atoms with E-state index in [-0.39, 0.29) is 24.4 Å². The third kappa shape index (κ3) is 4.64. The Morgan fingerprint density at radius 3 is 2.96 bits per heavy atom. The molecule has 2 heterocycles. The maximum absolute atomic E-state index is 12.4.